The van der Waals surface area contributed by atoms with Gasteiger partial charge < -0.3 is 0 Å². The topological polar surface area (TPSA) is 17.1 Å². The number of carbonyl (C=O) groups is 1. The quantitative estimate of drug-likeness (QED) is 0.630. The first-order chi connectivity index (χ1) is 7.75. The summed E-state index contributed by atoms with van der Waals surface area (Å²) < 4.78 is 0. The largest absolute Gasteiger partial charge is 0.289 e. The Balaban J connectivity index is 2.30. The van der Waals surface area contributed by atoms with E-state index in [1.165, 1.54) is 0 Å². The van der Waals surface area contributed by atoms with Crippen molar-refractivity contribution in [3.63, 3.8) is 0 Å². The standard InChI is InChI=1S/C14H9ClO/c15-13-9-1-5-11(6-2-9)14(16)12-7-3-10(13)4-8-12/h1-8,13H. The molecule has 2 aromatic rings. The first kappa shape index (κ1) is 9.61. The van der Waals surface area contributed by atoms with E-state index in [9.17, 15) is 4.79 Å². The summed E-state index contributed by atoms with van der Waals surface area (Å²) in [6.07, 6.45) is 0. The van der Waals surface area contributed by atoms with Gasteiger partial charge in [-0.2, -0.15) is 0 Å². The maximum Gasteiger partial charge on any atom is 0.193 e. The molecule has 6 rings (SSSR count). The fourth-order valence-electron chi connectivity index (χ4n) is 1.97. The second-order valence-corrected chi connectivity index (χ2v) is 4.37. The van der Waals surface area contributed by atoms with Crippen molar-refractivity contribution in [2.75, 3.05) is 0 Å². The van der Waals surface area contributed by atoms with E-state index < -0.39 is 0 Å². The zero-order valence-electron chi connectivity index (χ0n) is 8.48. The van der Waals surface area contributed by atoms with Gasteiger partial charge in [0.1, 0.15) is 0 Å². The van der Waals surface area contributed by atoms with Gasteiger partial charge in [-0.05, 0) is 11.1 Å². The van der Waals surface area contributed by atoms with Crippen molar-refractivity contribution in [3.05, 3.63) is 70.8 Å². The van der Waals surface area contributed by atoms with Crippen LogP contribution < -0.4 is 0 Å². The molecular weight excluding hydrogens is 220 g/mol. The van der Waals surface area contributed by atoms with Gasteiger partial charge in [0.15, 0.2) is 5.78 Å². The second-order valence-electron chi connectivity index (χ2n) is 3.94. The molecule has 0 amide bonds. The van der Waals surface area contributed by atoms with Crippen molar-refractivity contribution in [2.45, 2.75) is 5.38 Å². The van der Waals surface area contributed by atoms with Crippen LogP contribution in [0.15, 0.2) is 48.5 Å². The number of halogens is 1. The van der Waals surface area contributed by atoms with E-state index in [1.54, 1.807) is 0 Å². The van der Waals surface area contributed by atoms with Crippen LogP contribution in [0.1, 0.15) is 32.4 Å². The van der Waals surface area contributed by atoms with Gasteiger partial charge in [-0.15, -0.1) is 11.6 Å². The maximum atomic E-state index is 12.0. The van der Waals surface area contributed by atoms with Crippen LogP contribution >= 0.6 is 11.6 Å². The van der Waals surface area contributed by atoms with E-state index in [0.29, 0.717) is 11.1 Å². The van der Waals surface area contributed by atoms with Crippen molar-refractivity contribution in [2.24, 2.45) is 0 Å². The molecular formula is C14H9ClO. The molecule has 0 N–H and O–H groups in total. The normalized spacial score (nSPS) is 14.4. The fourth-order valence-corrected chi connectivity index (χ4v) is 2.26. The third kappa shape index (κ3) is 1.36. The molecule has 0 saturated heterocycles. The van der Waals surface area contributed by atoms with Crippen molar-refractivity contribution < 1.29 is 4.79 Å². The molecule has 2 aromatic carbocycles. The molecule has 0 unspecified atom stereocenters. The molecule has 4 bridgehead atoms. The molecule has 4 aliphatic rings. The van der Waals surface area contributed by atoms with Gasteiger partial charge in [-0.3, -0.25) is 4.79 Å². The fraction of sp³-hybridized carbons (Fsp3) is 0.0714. The van der Waals surface area contributed by atoms with Crippen molar-refractivity contribution in [1.29, 1.82) is 0 Å². The SMILES string of the molecule is O=C1c2ccc(cc2)C(Cl)c2ccc1cc2. The molecule has 0 heterocycles. The van der Waals surface area contributed by atoms with E-state index in [1.807, 2.05) is 48.5 Å². The Morgan fingerprint density at radius 2 is 1.12 bits per heavy atom. The summed E-state index contributed by atoms with van der Waals surface area (Å²) in [5.74, 6) is 0.0612. The lowest BCUT2D eigenvalue weighted by atomic mass is 9.95. The first-order valence-corrected chi connectivity index (χ1v) is 5.58. The molecule has 0 fully saturated rings. The Kier molecular flexibility index (Phi) is 2.08. The van der Waals surface area contributed by atoms with Gasteiger partial charge in [0.05, 0.1) is 5.38 Å². The van der Waals surface area contributed by atoms with Crippen LogP contribution in [0.2, 0.25) is 0 Å². The minimum absolute atomic E-state index is 0.0612. The van der Waals surface area contributed by atoms with Gasteiger partial charge in [0.2, 0.25) is 0 Å². The van der Waals surface area contributed by atoms with Crippen molar-refractivity contribution in [1.82, 2.24) is 0 Å². The number of rotatable bonds is 0. The van der Waals surface area contributed by atoms with Crippen LogP contribution in [0.4, 0.5) is 0 Å². The lowest BCUT2D eigenvalue weighted by Gasteiger charge is -2.14. The number of carbonyl (C=O) groups excluding carboxylic acids is 1. The molecule has 0 saturated carbocycles. The molecule has 16 heavy (non-hydrogen) atoms. The molecule has 0 aromatic heterocycles. The smallest absolute Gasteiger partial charge is 0.193 e. The molecule has 0 atom stereocenters. The number of alkyl halides is 1. The summed E-state index contributed by atoms with van der Waals surface area (Å²) in [5.41, 5.74) is 3.46. The third-order valence-electron chi connectivity index (χ3n) is 2.93. The Bertz CT molecular complexity index is 490. The van der Waals surface area contributed by atoms with Crippen molar-refractivity contribution >= 4 is 17.4 Å². The van der Waals surface area contributed by atoms with E-state index in [4.69, 9.17) is 11.6 Å². The summed E-state index contributed by atoms with van der Waals surface area (Å²) in [5, 5.41) is -0.142. The Morgan fingerprint density at radius 3 is 1.50 bits per heavy atom. The maximum absolute atomic E-state index is 12.0. The number of benzene rings is 2. The molecule has 2 heteroatoms. The lowest BCUT2D eigenvalue weighted by Crippen LogP contribution is -2.05. The monoisotopic (exact) mass is 228 g/mol. The average Bonchev–Trinajstić information content (AvgIpc) is 2.37. The highest BCUT2D eigenvalue weighted by molar-refractivity contribution is 6.22. The van der Waals surface area contributed by atoms with E-state index in [0.717, 1.165) is 11.1 Å². The summed E-state index contributed by atoms with van der Waals surface area (Å²) in [6, 6.07) is 15.0. The predicted molar refractivity (Wildman–Crippen MR) is 64.0 cm³/mol. The van der Waals surface area contributed by atoms with Gasteiger partial charge in [0.25, 0.3) is 0 Å². The van der Waals surface area contributed by atoms with Gasteiger partial charge in [-0.25, -0.2) is 0 Å². The van der Waals surface area contributed by atoms with E-state index in [-0.39, 0.29) is 11.2 Å². The molecule has 0 radical (unpaired) electrons. The number of ketones is 1. The Hall–Kier alpha value is -1.60. The van der Waals surface area contributed by atoms with E-state index >= 15 is 0 Å². The van der Waals surface area contributed by atoms with Crippen LogP contribution in [0.3, 0.4) is 0 Å². The second kappa shape index (κ2) is 3.46. The molecule has 0 spiro atoms. The minimum Gasteiger partial charge on any atom is -0.289 e. The minimum atomic E-state index is -0.142. The number of hydrogen-bond donors (Lipinski definition) is 0. The number of hydrogen-bond acceptors (Lipinski definition) is 1. The Morgan fingerprint density at radius 1 is 0.750 bits per heavy atom. The van der Waals surface area contributed by atoms with Crippen LogP contribution in [-0.4, -0.2) is 5.78 Å². The highest BCUT2D eigenvalue weighted by Crippen LogP contribution is 2.30. The van der Waals surface area contributed by atoms with E-state index in [2.05, 4.69) is 0 Å². The zero-order chi connectivity index (χ0) is 11.1. The molecule has 1 nitrogen and oxygen atoms in total. The van der Waals surface area contributed by atoms with Crippen molar-refractivity contribution in [3.8, 4) is 0 Å². The highest BCUT2D eigenvalue weighted by Gasteiger charge is 2.16. The molecule has 0 aliphatic heterocycles. The highest BCUT2D eigenvalue weighted by atomic mass is 35.5. The van der Waals surface area contributed by atoms with Crippen LogP contribution in [0, 0.1) is 0 Å². The van der Waals surface area contributed by atoms with Gasteiger partial charge >= 0.3 is 0 Å². The van der Waals surface area contributed by atoms with Gasteiger partial charge in [0, 0.05) is 11.1 Å². The van der Waals surface area contributed by atoms with Crippen LogP contribution in [0.25, 0.3) is 0 Å². The van der Waals surface area contributed by atoms with Gasteiger partial charge in [-0.1, -0.05) is 48.5 Å². The average molecular weight is 229 g/mol. The lowest BCUT2D eigenvalue weighted by molar-refractivity contribution is 0.103. The van der Waals surface area contributed by atoms with Crippen LogP contribution in [-0.2, 0) is 0 Å². The summed E-state index contributed by atoms with van der Waals surface area (Å²) in [6.45, 7) is 0. The molecule has 4 aliphatic carbocycles. The summed E-state index contributed by atoms with van der Waals surface area (Å²) in [4.78, 5) is 12.0. The first-order valence-electron chi connectivity index (χ1n) is 5.14. The zero-order valence-corrected chi connectivity index (χ0v) is 9.24. The summed E-state index contributed by atoms with van der Waals surface area (Å²) >= 11 is 6.35. The summed E-state index contributed by atoms with van der Waals surface area (Å²) in [7, 11) is 0. The Labute approximate surface area is 98.7 Å². The predicted octanol–water partition coefficient (Wildman–Crippen LogP) is 3.56. The molecule has 78 valence electrons. The van der Waals surface area contributed by atoms with Crippen LogP contribution in [0.5, 0.6) is 0 Å². The third-order valence-corrected chi connectivity index (χ3v) is 3.44.